The lowest BCUT2D eigenvalue weighted by molar-refractivity contribution is 0.611. The van der Waals surface area contributed by atoms with Gasteiger partial charge in [0.05, 0.1) is 6.26 Å². The number of hydrogen-bond acceptors (Lipinski definition) is 2. The quantitative estimate of drug-likeness (QED) is 0.632. The van der Waals surface area contributed by atoms with E-state index >= 15 is 0 Å². The fourth-order valence-corrected chi connectivity index (χ4v) is 1.34. The Morgan fingerprint density at radius 1 is 1.50 bits per heavy atom. The molecule has 2 aromatic rings. The molecule has 0 radical (unpaired) electrons. The van der Waals surface area contributed by atoms with Crippen LogP contribution in [0.25, 0.3) is 11.1 Å². The molecule has 0 saturated heterocycles. The third-order valence-corrected chi connectivity index (χ3v) is 2.05. The van der Waals surface area contributed by atoms with Gasteiger partial charge in [0.1, 0.15) is 10.7 Å². The summed E-state index contributed by atoms with van der Waals surface area (Å²) in [5, 5.41) is 0.513. The van der Waals surface area contributed by atoms with Crippen molar-refractivity contribution in [3.63, 3.8) is 0 Å². The monoisotopic (exact) mass is 181 g/mol. The van der Waals surface area contributed by atoms with Gasteiger partial charge in [-0.05, 0) is 18.6 Å². The summed E-state index contributed by atoms with van der Waals surface area (Å²) in [6.45, 7) is 2.06. The van der Waals surface area contributed by atoms with Crippen molar-refractivity contribution in [1.82, 2.24) is 4.98 Å². The first kappa shape index (κ1) is 7.62. The lowest BCUT2D eigenvalue weighted by atomic mass is 10.2. The van der Waals surface area contributed by atoms with E-state index in [1.54, 1.807) is 12.3 Å². The number of halogens is 1. The zero-order valence-electron chi connectivity index (χ0n) is 6.67. The molecule has 0 N–H and O–H groups in total. The number of nitrogens with zero attached hydrogens (tertiary/aromatic N) is 1. The maximum atomic E-state index is 5.75. The first-order chi connectivity index (χ1) is 5.81. The molecule has 12 heavy (non-hydrogen) atoms. The van der Waals surface area contributed by atoms with Gasteiger partial charge >= 0.3 is 0 Å². The second kappa shape index (κ2) is 2.79. The molecule has 0 aliphatic rings. The predicted molar refractivity (Wildman–Crippen MR) is 48.4 cm³/mol. The van der Waals surface area contributed by atoms with Crippen molar-refractivity contribution in [1.29, 1.82) is 0 Å². The van der Waals surface area contributed by atoms with Crippen LogP contribution < -0.4 is 0 Å². The summed E-state index contributed by atoms with van der Waals surface area (Å²) < 4.78 is 5.27. The van der Waals surface area contributed by atoms with Crippen molar-refractivity contribution >= 4 is 22.7 Å². The van der Waals surface area contributed by atoms with E-state index in [1.165, 1.54) is 0 Å². The van der Waals surface area contributed by atoms with Crippen LogP contribution in [0.2, 0.25) is 5.15 Å². The highest BCUT2D eigenvalue weighted by molar-refractivity contribution is 6.29. The van der Waals surface area contributed by atoms with E-state index in [2.05, 4.69) is 11.9 Å². The molecule has 2 aromatic heterocycles. The molecule has 2 rings (SSSR count). The van der Waals surface area contributed by atoms with Gasteiger partial charge in [-0.1, -0.05) is 18.5 Å². The lowest BCUT2D eigenvalue weighted by Crippen LogP contribution is -1.80. The summed E-state index contributed by atoms with van der Waals surface area (Å²) >= 11 is 5.75. The van der Waals surface area contributed by atoms with Crippen LogP contribution in [-0.2, 0) is 6.42 Å². The molecule has 2 nitrogen and oxygen atoms in total. The molecule has 0 spiro atoms. The van der Waals surface area contributed by atoms with Crippen LogP contribution in [-0.4, -0.2) is 4.98 Å². The molecule has 2 heterocycles. The third kappa shape index (κ3) is 1.08. The number of pyridine rings is 1. The SMILES string of the molecule is CCc1coc2ccc(Cl)nc12. The number of aromatic nitrogens is 1. The molecule has 0 unspecified atom stereocenters. The van der Waals surface area contributed by atoms with Gasteiger partial charge in [-0.2, -0.15) is 0 Å². The molecule has 0 amide bonds. The van der Waals surface area contributed by atoms with Crippen molar-refractivity contribution < 1.29 is 4.42 Å². The average Bonchev–Trinajstić information content (AvgIpc) is 2.46. The highest BCUT2D eigenvalue weighted by Crippen LogP contribution is 2.21. The Balaban J connectivity index is 2.75. The van der Waals surface area contributed by atoms with Gasteiger partial charge < -0.3 is 4.42 Å². The van der Waals surface area contributed by atoms with E-state index in [-0.39, 0.29) is 0 Å². The fourth-order valence-electron chi connectivity index (χ4n) is 1.19. The molecule has 0 aromatic carbocycles. The first-order valence-corrected chi connectivity index (χ1v) is 4.21. The lowest BCUT2D eigenvalue weighted by Gasteiger charge is -1.91. The highest BCUT2D eigenvalue weighted by atomic mass is 35.5. The second-order valence-electron chi connectivity index (χ2n) is 2.60. The van der Waals surface area contributed by atoms with Gasteiger partial charge in [-0.15, -0.1) is 0 Å². The number of furan rings is 1. The minimum absolute atomic E-state index is 0.513. The van der Waals surface area contributed by atoms with Gasteiger partial charge in [0.2, 0.25) is 0 Å². The number of rotatable bonds is 1. The molecular formula is C9H8ClNO. The Bertz CT molecular complexity index is 408. The van der Waals surface area contributed by atoms with Crippen molar-refractivity contribution in [3.05, 3.63) is 29.1 Å². The summed E-state index contributed by atoms with van der Waals surface area (Å²) in [7, 11) is 0. The summed E-state index contributed by atoms with van der Waals surface area (Å²) in [4.78, 5) is 4.18. The van der Waals surface area contributed by atoms with Crippen molar-refractivity contribution in [2.24, 2.45) is 0 Å². The zero-order chi connectivity index (χ0) is 8.55. The van der Waals surface area contributed by atoms with Crippen molar-refractivity contribution in [2.45, 2.75) is 13.3 Å². The maximum absolute atomic E-state index is 5.75. The Morgan fingerprint density at radius 2 is 2.33 bits per heavy atom. The van der Waals surface area contributed by atoms with E-state index in [1.807, 2.05) is 6.07 Å². The normalized spacial score (nSPS) is 10.8. The Morgan fingerprint density at radius 3 is 3.08 bits per heavy atom. The van der Waals surface area contributed by atoms with Crippen molar-refractivity contribution in [2.75, 3.05) is 0 Å². The van der Waals surface area contributed by atoms with Gasteiger partial charge in [-0.3, -0.25) is 0 Å². The van der Waals surface area contributed by atoms with Gasteiger partial charge in [0.15, 0.2) is 5.58 Å². The van der Waals surface area contributed by atoms with Gasteiger partial charge in [0.25, 0.3) is 0 Å². The fraction of sp³-hybridized carbons (Fsp3) is 0.222. The average molecular weight is 182 g/mol. The predicted octanol–water partition coefficient (Wildman–Crippen LogP) is 3.04. The van der Waals surface area contributed by atoms with E-state index in [0.29, 0.717) is 5.15 Å². The Kier molecular flexibility index (Phi) is 1.77. The molecule has 62 valence electrons. The van der Waals surface area contributed by atoms with Crippen LogP contribution in [0.1, 0.15) is 12.5 Å². The summed E-state index contributed by atoms with van der Waals surface area (Å²) in [5.41, 5.74) is 2.79. The van der Waals surface area contributed by atoms with Crippen LogP contribution in [0.5, 0.6) is 0 Å². The van der Waals surface area contributed by atoms with Gasteiger partial charge in [-0.25, -0.2) is 4.98 Å². The number of aryl methyl sites for hydroxylation is 1. The second-order valence-corrected chi connectivity index (χ2v) is 2.98. The van der Waals surface area contributed by atoms with Gasteiger partial charge in [0, 0.05) is 5.56 Å². The maximum Gasteiger partial charge on any atom is 0.152 e. The Labute approximate surface area is 75.2 Å². The van der Waals surface area contributed by atoms with E-state index < -0.39 is 0 Å². The zero-order valence-corrected chi connectivity index (χ0v) is 7.43. The molecule has 0 aliphatic carbocycles. The van der Waals surface area contributed by atoms with Crippen LogP contribution in [0.15, 0.2) is 22.8 Å². The van der Waals surface area contributed by atoms with E-state index in [9.17, 15) is 0 Å². The topological polar surface area (TPSA) is 26.0 Å². The third-order valence-electron chi connectivity index (χ3n) is 1.84. The molecule has 0 atom stereocenters. The molecule has 0 saturated carbocycles. The standard InChI is InChI=1S/C9H8ClNO/c1-2-6-5-12-7-3-4-8(10)11-9(6)7/h3-5H,2H2,1H3. The van der Waals surface area contributed by atoms with Crippen molar-refractivity contribution in [3.8, 4) is 0 Å². The number of fused-ring (bicyclic) bond motifs is 1. The van der Waals surface area contributed by atoms with Crippen LogP contribution in [0.3, 0.4) is 0 Å². The summed E-state index contributed by atoms with van der Waals surface area (Å²) in [5.74, 6) is 0. The minimum Gasteiger partial charge on any atom is -0.462 e. The van der Waals surface area contributed by atoms with Crippen LogP contribution in [0.4, 0.5) is 0 Å². The molecule has 0 fully saturated rings. The smallest absolute Gasteiger partial charge is 0.152 e. The number of hydrogen-bond donors (Lipinski definition) is 0. The molecule has 0 aliphatic heterocycles. The van der Waals surface area contributed by atoms with Crippen LogP contribution >= 0.6 is 11.6 Å². The van der Waals surface area contributed by atoms with E-state index in [0.717, 1.165) is 23.1 Å². The minimum atomic E-state index is 0.513. The molecule has 0 bridgehead atoms. The highest BCUT2D eigenvalue weighted by Gasteiger charge is 2.05. The first-order valence-electron chi connectivity index (χ1n) is 3.84. The molecule has 3 heteroatoms. The summed E-state index contributed by atoms with van der Waals surface area (Å²) in [6, 6.07) is 3.57. The van der Waals surface area contributed by atoms with Crippen LogP contribution in [0, 0.1) is 0 Å². The Hall–Kier alpha value is -1.02. The molecular weight excluding hydrogens is 174 g/mol. The summed E-state index contributed by atoms with van der Waals surface area (Å²) in [6.07, 6.45) is 2.65. The largest absolute Gasteiger partial charge is 0.462 e. The van der Waals surface area contributed by atoms with E-state index in [4.69, 9.17) is 16.0 Å².